The second-order valence-corrected chi connectivity index (χ2v) is 8.14. The van der Waals surface area contributed by atoms with Gasteiger partial charge >= 0.3 is 0 Å². The van der Waals surface area contributed by atoms with Gasteiger partial charge in [0.2, 0.25) is 0 Å². The van der Waals surface area contributed by atoms with Crippen molar-refractivity contribution in [3.63, 3.8) is 0 Å². The highest BCUT2D eigenvalue weighted by molar-refractivity contribution is 5.86. The highest BCUT2D eigenvalue weighted by Gasteiger charge is 2.11. The minimum atomic E-state index is 0.970. The van der Waals surface area contributed by atoms with Gasteiger partial charge < -0.3 is 4.90 Å². The molecule has 0 unspecified atom stereocenters. The van der Waals surface area contributed by atoms with Crippen LogP contribution < -0.4 is 0 Å². The average Bonchev–Trinajstić information content (AvgIpc) is 2.74. The summed E-state index contributed by atoms with van der Waals surface area (Å²) in [7, 11) is 4.31. The van der Waals surface area contributed by atoms with E-state index in [4.69, 9.17) is 0 Å². The molecule has 2 nitrogen and oxygen atoms in total. The number of nitrogens with zero attached hydrogens (tertiary/aromatic N) is 2. The van der Waals surface area contributed by atoms with Crippen LogP contribution in [0.3, 0.4) is 0 Å². The molecule has 2 heteroatoms. The summed E-state index contributed by atoms with van der Waals surface area (Å²) in [4.78, 5) is 4.88. The van der Waals surface area contributed by atoms with E-state index in [-0.39, 0.29) is 0 Å². The molecule has 148 valence electrons. The number of fused-ring (bicyclic) bond motifs is 2. The lowest BCUT2D eigenvalue weighted by molar-refractivity contribution is 0.241. The first kappa shape index (κ1) is 19.6. The smallest absolute Gasteiger partial charge is 0.0243 e. The summed E-state index contributed by atoms with van der Waals surface area (Å²) >= 11 is 0. The Morgan fingerprint density at radius 2 is 1.03 bits per heavy atom. The van der Waals surface area contributed by atoms with Crippen molar-refractivity contribution in [1.29, 1.82) is 0 Å². The van der Waals surface area contributed by atoms with Crippen molar-refractivity contribution in [2.45, 2.75) is 19.5 Å². The first-order chi connectivity index (χ1) is 14.2. The van der Waals surface area contributed by atoms with Crippen LogP contribution in [0.15, 0.2) is 84.9 Å². The predicted molar refractivity (Wildman–Crippen MR) is 125 cm³/mol. The van der Waals surface area contributed by atoms with Gasteiger partial charge in [0.15, 0.2) is 0 Å². The van der Waals surface area contributed by atoms with Crippen molar-refractivity contribution in [2.24, 2.45) is 0 Å². The molecular weight excluding hydrogens is 352 g/mol. The molecule has 0 saturated heterocycles. The molecular formula is C27H30N2. The monoisotopic (exact) mass is 382 g/mol. The summed E-state index contributed by atoms with van der Waals surface area (Å²) in [5, 5.41) is 5.38. The van der Waals surface area contributed by atoms with Gasteiger partial charge in [0.25, 0.3) is 0 Å². The molecule has 0 fully saturated rings. The zero-order valence-corrected chi connectivity index (χ0v) is 17.5. The van der Waals surface area contributed by atoms with Gasteiger partial charge in [0.1, 0.15) is 0 Å². The molecule has 0 radical (unpaired) electrons. The van der Waals surface area contributed by atoms with E-state index < -0.39 is 0 Å². The van der Waals surface area contributed by atoms with Crippen molar-refractivity contribution >= 4 is 21.5 Å². The maximum atomic E-state index is 2.60. The van der Waals surface area contributed by atoms with Crippen molar-refractivity contribution in [2.75, 3.05) is 27.2 Å². The van der Waals surface area contributed by atoms with E-state index in [1.54, 1.807) is 0 Å². The number of hydrogen-bond donors (Lipinski definition) is 0. The minimum Gasteiger partial charge on any atom is -0.309 e. The molecule has 0 saturated carbocycles. The Labute approximate surface area is 174 Å². The third kappa shape index (κ3) is 4.84. The molecule has 0 amide bonds. The van der Waals surface area contributed by atoms with Crippen LogP contribution in [0, 0.1) is 0 Å². The summed E-state index contributed by atoms with van der Waals surface area (Å²) in [5.74, 6) is 0. The third-order valence-corrected chi connectivity index (χ3v) is 5.63. The molecule has 0 heterocycles. The summed E-state index contributed by atoms with van der Waals surface area (Å²) in [6, 6.07) is 30.8. The average molecular weight is 383 g/mol. The molecule has 0 aliphatic carbocycles. The highest BCUT2D eigenvalue weighted by atomic mass is 15.1. The molecule has 0 spiro atoms. The zero-order chi connectivity index (χ0) is 20.1. The number of rotatable bonds is 8. The van der Waals surface area contributed by atoms with E-state index in [9.17, 15) is 0 Å². The number of benzene rings is 4. The second-order valence-electron chi connectivity index (χ2n) is 8.14. The van der Waals surface area contributed by atoms with E-state index in [1.165, 1.54) is 39.1 Å². The Kier molecular flexibility index (Phi) is 6.24. The zero-order valence-electron chi connectivity index (χ0n) is 17.5. The molecule has 0 aromatic heterocycles. The van der Waals surface area contributed by atoms with Crippen LogP contribution in [0.5, 0.6) is 0 Å². The normalized spacial score (nSPS) is 11.7. The standard InChI is InChI=1S/C27H30N2/c1-28(2)18-9-19-29(20-24-14-7-12-22-10-3-5-16-26(22)24)21-25-15-8-13-23-11-4-6-17-27(23)25/h3-8,10-17H,9,18-21H2,1-2H3. The molecule has 0 aliphatic rings. The Morgan fingerprint density at radius 1 is 0.552 bits per heavy atom. The lowest BCUT2D eigenvalue weighted by Crippen LogP contribution is -2.27. The minimum absolute atomic E-state index is 0.970. The first-order valence-corrected chi connectivity index (χ1v) is 10.5. The van der Waals surface area contributed by atoms with Crippen LogP contribution in [-0.4, -0.2) is 37.0 Å². The molecule has 0 atom stereocenters. The van der Waals surface area contributed by atoms with Crippen molar-refractivity contribution in [3.8, 4) is 0 Å². The molecule has 4 rings (SSSR count). The molecule has 4 aromatic rings. The Bertz CT molecular complexity index is 992. The SMILES string of the molecule is CN(C)CCCN(Cc1cccc2ccccc12)Cc1cccc2ccccc12. The van der Waals surface area contributed by atoms with Gasteiger partial charge in [-0.25, -0.2) is 0 Å². The van der Waals surface area contributed by atoms with Gasteiger partial charge in [-0.15, -0.1) is 0 Å². The van der Waals surface area contributed by atoms with E-state index in [1.807, 2.05) is 0 Å². The molecule has 0 bridgehead atoms. The fourth-order valence-electron chi connectivity index (χ4n) is 4.17. The third-order valence-electron chi connectivity index (χ3n) is 5.63. The predicted octanol–water partition coefficient (Wildman–Crippen LogP) is 5.95. The topological polar surface area (TPSA) is 6.48 Å². The fraction of sp³-hybridized carbons (Fsp3) is 0.259. The Hall–Kier alpha value is -2.68. The molecule has 29 heavy (non-hydrogen) atoms. The van der Waals surface area contributed by atoms with Crippen LogP contribution in [0.2, 0.25) is 0 Å². The summed E-state index contributed by atoms with van der Waals surface area (Å²) < 4.78 is 0. The fourth-order valence-corrected chi connectivity index (χ4v) is 4.17. The van der Waals surface area contributed by atoms with Crippen LogP contribution in [-0.2, 0) is 13.1 Å². The summed E-state index contributed by atoms with van der Waals surface area (Å²) in [6.07, 6.45) is 1.17. The van der Waals surface area contributed by atoms with Crippen LogP contribution in [0.4, 0.5) is 0 Å². The molecule has 0 N–H and O–H groups in total. The Balaban J connectivity index is 1.62. The van der Waals surface area contributed by atoms with E-state index in [2.05, 4.69) is 109 Å². The van der Waals surface area contributed by atoms with Gasteiger partial charge in [-0.1, -0.05) is 84.9 Å². The van der Waals surface area contributed by atoms with Crippen molar-refractivity contribution in [1.82, 2.24) is 9.80 Å². The first-order valence-electron chi connectivity index (χ1n) is 10.5. The van der Waals surface area contributed by atoms with Gasteiger partial charge in [-0.2, -0.15) is 0 Å². The van der Waals surface area contributed by atoms with Crippen molar-refractivity contribution < 1.29 is 0 Å². The van der Waals surface area contributed by atoms with Gasteiger partial charge in [0.05, 0.1) is 0 Å². The van der Waals surface area contributed by atoms with E-state index >= 15 is 0 Å². The largest absolute Gasteiger partial charge is 0.309 e. The maximum absolute atomic E-state index is 2.60. The lowest BCUT2D eigenvalue weighted by Gasteiger charge is -2.25. The van der Waals surface area contributed by atoms with Crippen LogP contribution in [0.1, 0.15) is 17.5 Å². The summed E-state index contributed by atoms with van der Waals surface area (Å²) in [6.45, 7) is 4.14. The van der Waals surface area contributed by atoms with Crippen LogP contribution >= 0.6 is 0 Å². The van der Waals surface area contributed by atoms with Crippen molar-refractivity contribution in [3.05, 3.63) is 96.1 Å². The summed E-state index contributed by atoms with van der Waals surface area (Å²) in [5.41, 5.74) is 2.82. The maximum Gasteiger partial charge on any atom is 0.0243 e. The quantitative estimate of drug-likeness (QED) is 0.372. The van der Waals surface area contributed by atoms with E-state index in [0.29, 0.717) is 0 Å². The van der Waals surface area contributed by atoms with Gasteiger partial charge in [-0.05, 0) is 59.7 Å². The highest BCUT2D eigenvalue weighted by Crippen LogP contribution is 2.24. The van der Waals surface area contributed by atoms with E-state index in [0.717, 1.165) is 26.2 Å². The lowest BCUT2D eigenvalue weighted by atomic mass is 10.0. The molecule has 0 aliphatic heterocycles. The Morgan fingerprint density at radius 3 is 1.55 bits per heavy atom. The van der Waals surface area contributed by atoms with Crippen LogP contribution in [0.25, 0.3) is 21.5 Å². The number of hydrogen-bond acceptors (Lipinski definition) is 2. The van der Waals surface area contributed by atoms with Gasteiger partial charge in [0, 0.05) is 19.6 Å². The van der Waals surface area contributed by atoms with Gasteiger partial charge in [-0.3, -0.25) is 4.90 Å². The second kappa shape index (κ2) is 9.21. The molecule has 4 aromatic carbocycles.